The summed E-state index contributed by atoms with van der Waals surface area (Å²) in [6.07, 6.45) is 6.38. The quantitative estimate of drug-likeness (QED) is 0.906. The Balaban J connectivity index is 1.49. The highest BCUT2D eigenvalue weighted by Gasteiger charge is 2.27. The SMILES string of the molecule is O=C(NC1CCCC1)C1CCN(Cc2c(F)cccc2Cl)CC1. The summed E-state index contributed by atoms with van der Waals surface area (Å²) in [7, 11) is 0. The Morgan fingerprint density at radius 3 is 2.57 bits per heavy atom. The van der Waals surface area contributed by atoms with Gasteiger partial charge in [0.25, 0.3) is 0 Å². The average Bonchev–Trinajstić information content (AvgIpc) is 3.04. The number of amides is 1. The lowest BCUT2D eigenvalue weighted by molar-refractivity contribution is -0.127. The summed E-state index contributed by atoms with van der Waals surface area (Å²) in [5.74, 6) is 0.0574. The second kappa shape index (κ2) is 7.63. The molecule has 3 nitrogen and oxygen atoms in total. The Hall–Kier alpha value is -1.13. The summed E-state index contributed by atoms with van der Waals surface area (Å²) in [6.45, 7) is 2.14. The Bertz CT molecular complexity index is 532. The van der Waals surface area contributed by atoms with E-state index < -0.39 is 0 Å². The van der Waals surface area contributed by atoms with Crippen molar-refractivity contribution < 1.29 is 9.18 Å². The molecule has 126 valence electrons. The molecule has 0 bridgehead atoms. The molecule has 0 aromatic heterocycles. The molecule has 2 fully saturated rings. The lowest BCUT2D eigenvalue weighted by Gasteiger charge is -2.32. The molecule has 1 saturated carbocycles. The number of carbonyl (C=O) groups is 1. The van der Waals surface area contributed by atoms with E-state index in [-0.39, 0.29) is 17.6 Å². The van der Waals surface area contributed by atoms with Crippen LogP contribution >= 0.6 is 11.6 Å². The Morgan fingerprint density at radius 2 is 1.91 bits per heavy atom. The summed E-state index contributed by atoms with van der Waals surface area (Å²) in [6, 6.07) is 5.18. The summed E-state index contributed by atoms with van der Waals surface area (Å²) < 4.78 is 13.9. The van der Waals surface area contributed by atoms with Crippen molar-refractivity contribution in [3.05, 3.63) is 34.6 Å². The summed E-state index contributed by atoms with van der Waals surface area (Å²) in [5.41, 5.74) is 0.558. The molecule has 1 aromatic rings. The lowest BCUT2D eigenvalue weighted by atomic mass is 9.95. The van der Waals surface area contributed by atoms with E-state index in [4.69, 9.17) is 11.6 Å². The third-order valence-electron chi connectivity index (χ3n) is 5.10. The van der Waals surface area contributed by atoms with Crippen LogP contribution in [0.15, 0.2) is 18.2 Å². The van der Waals surface area contributed by atoms with E-state index in [0.29, 0.717) is 23.2 Å². The molecule has 1 aromatic carbocycles. The van der Waals surface area contributed by atoms with Crippen molar-refractivity contribution in [1.82, 2.24) is 10.2 Å². The first kappa shape index (κ1) is 16.7. The van der Waals surface area contributed by atoms with Crippen LogP contribution in [0.4, 0.5) is 4.39 Å². The third-order valence-corrected chi connectivity index (χ3v) is 5.46. The van der Waals surface area contributed by atoms with Gasteiger partial charge in [-0.2, -0.15) is 0 Å². The molecule has 0 atom stereocenters. The number of nitrogens with one attached hydrogen (secondary N) is 1. The van der Waals surface area contributed by atoms with Crippen LogP contribution in [0.1, 0.15) is 44.1 Å². The highest BCUT2D eigenvalue weighted by atomic mass is 35.5. The lowest BCUT2D eigenvalue weighted by Crippen LogP contribution is -2.43. The van der Waals surface area contributed by atoms with E-state index in [1.165, 1.54) is 18.9 Å². The molecule has 5 heteroatoms. The number of halogens is 2. The van der Waals surface area contributed by atoms with Crippen molar-refractivity contribution in [1.29, 1.82) is 0 Å². The highest BCUT2D eigenvalue weighted by Crippen LogP contribution is 2.25. The molecule has 0 unspecified atom stereocenters. The van der Waals surface area contributed by atoms with Gasteiger partial charge in [-0.3, -0.25) is 9.69 Å². The molecule has 0 radical (unpaired) electrons. The fourth-order valence-electron chi connectivity index (χ4n) is 3.65. The van der Waals surface area contributed by atoms with Crippen molar-refractivity contribution in [3.8, 4) is 0 Å². The van der Waals surface area contributed by atoms with Crippen molar-refractivity contribution in [3.63, 3.8) is 0 Å². The van der Waals surface area contributed by atoms with Crippen LogP contribution in [0.2, 0.25) is 5.02 Å². The maximum Gasteiger partial charge on any atom is 0.223 e. The standard InChI is InChI=1S/C18H24ClFN2O/c19-16-6-3-7-17(20)15(16)12-22-10-8-13(9-11-22)18(23)21-14-4-1-2-5-14/h3,6-7,13-14H,1-2,4-5,8-12H2,(H,21,23). The number of hydrogen-bond acceptors (Lipinski definition) is 2. The van der Waals surface area contributed by atoms with Crippen molar-refractivity contribution >= 4 is 17.5 Å². The van der Waals surface area contributed by atoms with Gasteiger partial charge in [-0.05, 0) is 50.9 Å². The first-order valence-electron chi connectivity index (χ1n) is 8.59. The van der Waals surface area contributed by atoms with E-state index in [2.05, 4.69) is 10.2 Å². The van der Waals surface area contributed by atoms with Crippen LogP contribution in [-0.2, 0) is 11.3 Å². The summed E-state index contributed by atoms with van der Waals surface area (Å²) in [5, 5.41) is 3.67. The summed E-state index contributed by atoms with van der Waals surface area (Å²) >= 11 is 6.09. The van der Waals surface area contributed by atoms with Gasteiger partial charge in [-0.1, -0.05) is 30.5 Å². The largest absolute Gasteiger partial charge is 0.353 e. The molecular formula is C18H24ClFN2O. The molecule has 1 aliphatic carbocycles. The Kier molecular flexibility index (Phi) is 5.54. The number of rotatable bonds is 4. The average molecular weight is 339 g/mol. The predicted octanol–water partition coefficient (Wildman–Crippen LogP) is 3.75. The zero-order valence-corrected chi connectivity index (χ0v) is 14.1. The fourth-order valence-corrected chi connectivity index (χ4v) is 3.87. The van der Waals surface area contributed by atoms with Gasteiger partial charge in [0.2, 0.25) is 5.91 Å². The van der Waals surface area contributed by atoms with Gasteiger partial charge < -0.3 is 5.32 Å². The topological polar surface area (TPSA) is 32.3 Å². The summed E-state index contributed by atoms with van der Waals surface area (Å²) in [4.78, 5) is 14.5. The first-order chi connectivity index (χ1) is 11.1. The van der Waals surface area contributed by atoms with Crippen LogP contribution in [0.3, 0.4) is 0 Å². The van der Waals surface area contributed by atoms with Crippen LogP contribution < -0.4 is 5.32 Å². The number of likely N-dealkylation sites (tertiary alicyclic amines) is 1. The molecule has 1 saturated heterocycles. The second-order valence-corrected chi connectivity index (χ2v) is 7.15. The maximum atomic E-state index is 13.9. The molecule has 23 heavy (non-hydrogen) atoms. The zero-order chi connectivity index (χ0) is 16.2. The number of carbonyl (C=O) groups excluding carboxylic acids is 1. The smallest absolute Gasteiger partial charge is 0.223 e. The fraction of sp³-hybridized carbons (Fsp3) is 0.611. The van der Waals surface area contributed by atoms with Gasteiger partial charge in [-0.25, -0.2) is 4.39 Å². The van der Waals surface area contributed by atoms with Crippen molar-refractivity contribution in [2.45, 2.75) is 51.1 Å². The Morgan fingerprint density at radius 1 is 1.22 bits per heavy atom. The molecule has 3 rings (SSSR count). The van der Waals surface area contributed by atoms with E-state index >= 15 is 0 Å². The molecule has 1 heterocycles. The highest BCUT2D eigenvalue weighted by molar-refractivity contribution is 6.31. The number of hydrogen-bond donors (Lipinski definition) is 1. The maximum absolute atomic E-state index is 13.9. The van der Waals surface area contributed by atoms with Crippen LogP contribution in [-0.4, -0.2) is 29.9 Å². The van der Waals surface area contributed by atoms with E-state index in [1.807, 2.05) is 0 Å². The third kappa shape index (κ3) is 4.24. The minimum Gasteiger partial charge on any atom is -0.353 e. The van der Waals surface area contributed by atoms with Gasteiger partial charge in [-0.15, -0.1) is 0 Å². The van der Waals surface area contributed by atoms with Gasteiger partial charge in [0.1, 0.15) is 5.82 Å². The molecule has 0 spiro atoms. The molecule has 2 aliphatic rings. The van der Waals surface area contributed by atoms with E-state index in [9.17, 15) is 9.18 Å². The second-order valence-electron chi connectivity index (χ2n) is 6.74. The minimum atomic E-state index is -0.251. The number of piperidine rings is 1. The predicted molar refractivity (Wildman–Crippen MR) is 89.8 cm³/mol. The van der Waals surface area contributed by atoms with E-state index in [1.54, 1.807) is 12.1 Å². The van der Waals surface area contributed by atoms with Crippen molar-refractivity contribution in [2.75, 3.05) is 13.1 Å². The number of benzene rings is 1. The van der Waals surface area contributed by atoms with Crippen LogP contribution in [0, 0.1) is 11.7 Å². The van der Waals surface area contributed by atoms with Crippen LogP contribution in [0.25, 0.3) is 0 Å². The zero-order valence-electron chi connectivity index (χ0n) is 13.4. The van der Waals surface area contributed by atoms with Gasteiger partial charge in [0.15, 0.2) is 0 Å². The van der Waals surface area contributed by atoms with Gasteiger partial charge >= 0.3 is 0 Å². The normalized spacial score (nSPS) is 20.8. The molecule has 1 amide bonds. The van der Waals surface area contributed by atoms with Gasteiger partial charge in [0, 0.05) is 29.1 Å². The van der Waals surface area contributed by atoms with E-state index in [0.717, 1.165) is 38.8 Å². The molecule has 1 N–H and O–H groups in total. The molecule has 1 aliphatic heterocycles. The van der Waals surface area contributed by atoms with Crippen LogP contribution in [0.5, 0.6) is 0 Å². The van der Waals surface area contributed by atoms with Gasteiger partial charge in [0.05, 0.1) is 0 Å². The first-order valence-corrected chi connectivity index (χ1v) is 8.97. The molecular weight excluding hydrogens is 315 g/mol. The minimum absolute atomic E-state index is 0.0999. The monoisotopic (exact) mass is 338 g/mol. The van der Waals surface area contributed by atoms with Crippen molar-refractivity contribution in [2.24, 2.45) is 5.92 Å². The Labute approximate surface area is 142 Å². The number of nitrogens with zero attached hydrogens (tertiary/aromatic N) is 1.